The first-order valence-electron chi connectivity index (χ1n) is 13.2. The van der Waals surface area contributed by atoms with Crippen LogP contribution in [0.3, 0.4) is 0 Å². The lowest BCUT2D eigenvalue weighted by molar-refractivity contribution is -0.141. The van der Waals surface area contributed by atoms with Gasteiger partial charge in [0.05, 0.1) is 12.2 Å². The van der Waals surface area contributed by atoms with Gasteiger partial charge in [-0.3, -0.25) is 20.2 Å². The highest BCUT2D eigenvalue weighted by Crippen LogP contribution is 2.43. The highest BCUT2D eigenvalue weighted by Gasteiger charge is 2.47. The molecule has 2 aromatic carbocycles. The molecule has 2 fully saturated rings. The summed E-state index contributed by atoms with van der Waals surface area (Å²) in [5, 5.41) is 17.3. The number of carbonyl (C=O) groups is 4. The van der Waals surface area contributed by atoms with E-state index in [2.05, 4.69) is 16.0 Å². The molecule has 1 saturated carbocycles. The SMILES string of the molecule is O=C(O)Nc1ccc(C(=O)N[C@@H](CC2CCCC2)C(=O)N2CCC[C@@]3(C2)OC(=O)Nc2ccc(Cl)cc23)cc1. The van der Waals surface area contributed by atoms with E-state index in [-0.39, 0.29) is 12.5 Å². The second kappa shape index (κ2) is 11.1. The Labute approximate surface area is 231 Å². The molecule has 206 valence electrons. The van der Waals surface area contributed by atoms with Crippen LogP contribution < -0.4 is 16.0 Å². The number of halogens is 1. The Balaban J connectivity index is 1.36. The molecule has 2 aliphatic heterocycles. The van der Waals surface area contributed by atoms with Gasteiger partial charge in [-0.2, -0.15) is 0 Å². The van der Waals surface area contributed by atoms with Crippen LogP contribution in [0.4, 0.5) is 21.0 Å². The summed E-state index contributed by atoms with van der Waals surface area (Å²) in [6, 6.07) is 10.5. The number of piperidine rings is 1. The molecule has 2 heterocycles. The van der Waals surface area contributed by atoms with E-state index in [0.717, 1.165) is 31.2 Å². The Bertz CT molecular complexity index is 1280. The van der Waals surface area contributed by atoms with Crippen molar-refractivity contribution >= 4 is 47.0 Å². The fourth-order valence-corrected chi connectivity index (χ4v) is 6.15. The molecule has 1 aliphatic carbocycles. The minimum absolute atomic E-state index is 0.166. The molecule has 11 heteroatoms. The van der Waals surface area contributed by atoms with Gasteiger partial charge in [0.25, 0.3) is 5.91 Å². The molecule has 4 N–H and O–H groups in total. The summed E-state index contributed by atoms with van der Waals surface area (Å²) in [5.74, 6) is -0.293. The van der Waals surface area contributed by atoms with E-state index < -0.39 is 29.7 Å². The van der Waals surface area contributed by atoms with Crippen LogP contribution >= 0.6 is 11.6 Å². The third kappa shape index (κ3) is 5.95. The molecule has 39 heavy (non-hydrogen) atoms. The van der Waals surface area contributed by atoms with E-state index in [0.29, 0.717) is 53.7 Å². The van der Waals surface area contributed by atoms with E-state index in [4.69, 9.17) is 21.4 Å². The van der Waals surface area contributed by atoms with E-state index in [9.17, 15) is 19.2 Å². The van der Waals surface area contributed by atoms with Crippen molar-refractivity contribution < 1.29 is 29.0 Å². The maximum atomic E-state index is 14.0. The molecular formula is C28H31ClN4O6. The minimum atomic E-state index is -1.20. The van der Waals surface area contributed by atoms with E-state index in [1.165, 1.54) is 24.3 Å². The van der Waals surface area contributed by atoms with E-state index in [1.807, 2.05) is 0 Å². The number of nitrogens with one attached hydrogen (secondary N) is 3. The minimum Gasteiger partial charge on any atom is -0.465 e. The predicted molar refractivity (Wildman–Crippen MR) is 145 cm³/mol. The first kappa shape index (κ1) is 26.8. The molecule has 5 rings (SSSR count). The number of rotatable bonds is 6. The number of amides is 4. The van der Waals surface area contributed by atoms with Crippen molar-refractivity contribution in [3.05, 3.63) is 58.6 Å². The molecule has 2 atom stereocenters. The molecule has 10 nitrogen and oxygen atoms in total. The zero-order valence-electron chi connectivity index (χ0n) is 21.4. The van der Waals surface area contributed by atoms with Gasteiger partial charge in [-0.1, -0.05) is 37.3 Å². The van der Waals surface area contributed by atoms with Crippen LogP contribution in [0.15, 0.2) is 42.5 Å². The number of ether oxygens (including phenoxy) is 1. The molecule has 2 aromatic rings. The quantitative estimate of drug-likeness (QED) is 0.388. The van der Waals surface area contributed by atoms with Gasteiger partial charge < -0.3 is 20.1 Å². The average Bonchev–Trinajstić information content (AvgIpc) is 3.42. The van der Waals surface area contributed by atoms with E-state index >= 15 is 0 Å². The summed E-state index contributed by atoms with van der Waals surface area (Å²) in [5.41, 5.74) is 0.986. The second-order valence-electron chi connectivity index (χ2n) is 10.5. The molecular weight excluding hydrogens is 524 g/mol. The number of carbonyl (C=O) groups excluding carboxylic acids is 3. The Morgan fingerprint density at radius 2 is 1.87 bits per heavy atom. The molecule has 0 unspecified atom stereocenters. The second-order valence-corrected chi connectivity index (χ2v) is 10.9. The largest absolute Gasteiger partial charge is 0.465 e. The molecule has 4 amide bonds. The van der Waals surface area contributed by atoms with Crippen molar-refractivity contribution in [2.75, 3.05) is 23.7 Å². The van der Waals surface area contributed by atoms with Crippen molar-refractivity contribution in [2.24, 2.45) is 5.92 Å². The normalized spacial score (nSPS) is 21.5. The summed E-state index contributed by atoms with van der Waals surface area (Å²) < 4.78 is 5.84. The Morgan fingerprint density at radius 3 is 2.59 bits per heavy atom. The standard InChI is InChI=1S/C28H31ClN4O6/c29-19-8-11-22-21(15-19)28(39-27(38)32-22)12-3-13-33(16-28)25(35)23(14-17-4-1-2-5-17)31-24(34)18-6-9-20(10-7-18)30-26(36)37/h6-11,15,17,23,30H,1-5,12-14,16H2,(H,31,34)(H,32,38)(H,36,37)/t23-,28-/m0/s1. The van der Waals surface area contributed by atoms with Gasteiger partial charge in [0.15, 0.2) is 5.60 Å². The average molecular weight is 555 g/mol. The fourth-order valence-electron chi connectivity index (χ4n) is 5.97. The van der Waals surface area contributed by atoms with Gasteiger partial charge in [0.2, 0.25) is 5.91 Å². The van der Waals surface area contributed by atoms with Crippen molar-refractivity contribution in [1.82, 2.24) is 10.2 Å². The van der Waals surface area contributed by atoms with E-state index in [1.54, 1.807) is 23.1 Å². The number of anilines is 2. The third-order valence-electron chi connectivity index (χ3n) is 7.81. The van der Waals surface area contributed by atoms with Crippen LogP contribution in [-0.2, 0) is 15.1 Å². The van der Waals surface area contributed by atoms with Gasteiger partial charge in [0.1, 0.15) is 6.04 Å². The molecule has 3 aliphatic rings. The highest BCUT2D eigenvalue weighted by atomic mass is 35.5. The number of nitrogens with zero attached hydrogens (tertiary/aromatic N) is 1. The highest BCUT2D eigenvalue weighted by molar-refractivity contribution is 6.30. The first-order valence-corrected chi connectivity index (χ1v) is 13.6. The van der Waals surface area contributed by atoms with Gasteiger partial charge in [-0.25, -0.2) is 9.59 Å². The van der Waals surface area contributed by atoms with Crippen LogP contribution in [0.25, 0.3) is 0 Å². The molecule has 1 saturated heterocycles. The zero-order chi connectivity index (χ0) is 27.6. The lowest BCUT2D eigenvalue weighted by atomic mass is 9.83. The molecule has 0 radical (unpaired) electrons. The number of hydrogen-bond donors (Lipinski definition) is 4. The van der Waals surface area contributed by atoms with Crippen molar-refractivity contribution in [3.8, 4) is 0 Å². The monoisotopic (exact) mass is 554 g/mol. The maximum Gasteiger partial charge on any atom is 0.412 e. The summed E-state index contributed by atoms with van der Waals surface area (Å²) in [6.07, 6.45) is 4.14. The first-order chi connectivity index (χ1) is 18.7. The molecule has 0 bridgehead atoms. The Morgan fingerprint density at radius 1 is 1.13 bits per heavy atom. The van der Waals surface area contributed by atoms with Gasteiger partial charge in [-0.05, 0) is 67.6 Å². The Kier molecular flexibility index (Phi) is 7.65. The zero-order valence-corrected chi connectivity index (χ0v) is 22.1. The van der Waals surface area contributed by atoms with Gasteiger partial charge in [0, 0.05) is 28.4 Å². The number of benzene rings is 2. The maximum absolute atomic E-state index is 14.0. The molecule has 1 spiro atoms. The van der Waals surface area contributed by atoms with Crippen molar-refractivity contribution in [2.45, 2.75) is 56.6 Å². The lowest BCUT2D eigenvalue weighted by Gasteiger charge is -2.45. The van der Waals surface area contributed by atoms with Gasteiger partial charge in [-0.15, -0.1) is 0 Å². The lowest BCUT2D eigenvalue weighted by Crippen LogP contribution is -2.57. The number of fused-ring (bicyclic) bond motifs is 2. The fraction of sp³-hybridized carbons (Fsp3) is 0.429. The van der Waals surface area contributed by atoms with Crippen LogP contribution in [0, 0.1) is 5.92 Å². The van der Waals surface area contributed by atoms with Crippen LogP contribution in [0.1, 0.15) is 60.9 Å². The predicted octanol–water partition coefficient (Wildman–Crippen LogP) is 5.19. The van der Waals surface area contributed by atoms with Crippen molar-refractivity contribution in [1.29, 1.82) is 0 Å². The topological polar surface area (TPSA) is 137 Å². The summed E-state index contributed by atoms with van der Waals surface area (Å²) >= 11 is 6.28. The summed E-state index contributed by atoms with van der Waals surface area (Å²) in [4.78, 5) is 52.1. The molecule has 0 aromatic heterocycles. The number of carboxylic acid groups (broad SMARTS) is 1. The summed E-state index contributed by atoms with van der Waals surface area (Å²) in [6.45, 7) is 0.646. The van der Waals surface area contributed by atoms with Crippen molar-refractivity contribution in [3.63, 3.8) is 0 Å². The number of likely N-dealkylation sites (tertiary alicyclic amines) is 1. The van der Waals surface area contributed by atoms with Gasteiger partial charge >= 0.3 is 12.2 Å². The third-order valence-corrected chi connectivity index (χ3v) is 8.04. The van der Waals surface area contributed by atoms with Crippen LogP contribution in [0.2, 0.25) is 5.02 Å². The van der Waals surface area contributed by atoms with Crippen LogP contribution in [0.5, 0.6) is 0 Å². The smallest absolute Gasteiger partial charge is 0.412 e. The summed E-state index contributed by atoms with van der Waals surface area (Å²) in [7, 11) is 0. The Hall–Kier alpha value is -3.79. The number of hydrogen-bond acceptors (Lipinski definition) is 5. The van der Waals surface area contributed by atoms with Crippen LogP contribution in [-0.4, -0.2) is 53.1 Å².